The molecular weight excluding hydrogens is 815 g/mol. The largest absolute Gasteiger partial charge is 0.492 e. The summed E-state index contributed by atoms with van der Waals surface area (Å²) in [7, 11) is -1.22. The van der Waals surface area contributed by atoms with Gasteiger partial charge < -0.3 is 45.9 Å². The van der Waals surface area contributed by atoms with E-state index in [4.69, 9.17) is 24.8 Å². The molecule has 8 N–H and O–H groups in total. The minimum absolute atomic E-state index is 0.000748. The van der Waals surface area contributed by atoms with Gasteiger partial charge >= 0.3 is 7.12 Å². The lowest BCUT2D eigenvalue weighted by atomic mass is 9.79. The van der Waals surface area contributed by atoms with Crippen molar-refractivity contribution in [2.45, 2.75) is 88.2 Å². The van der Waals surface area contributed by atoms with E-state index in [1.807, 2.05) is 30.3 Å². The Bertz CT molecular complexity index is 2450. The van der Waals surface area contributed by atoms with E-state index in [0.717, 1.165) is 23.1 Å². The standard InChI is InChI=1S/C43H47BN8O11/c45-30(7-1-2-18-46-36(55)22-61-32-8-4-6-28-37(32)42(59)52(41(28)58)31-16-17-35(54)50-40(31)57)39(56)47-21-34-27-15-10-24(19-29(27)44(60)63-34)49-43-48-20-23-5-3-9-33(38(23)51-43)62-26-13-11-25(53)12-14-26/h3-6,8-10,15,19-20,25-26,30-31,34,53,60H,1-2,7,11-14,16-18,21-22,45H2,(H,46,55)(H,47,56)(H,48,49,51)(H,50,54,57)/t25?,26?,30-,31?,34?/m0/s1. The molecule has 4 aromatic rings. The zero-order valence-electron chi connectivity index (χ0n) is 34.2. The Morgan fingerprint density at radius 2 is 1.78 bits per heavy atom. The molecule has 0 radical (unpaired) electrons. The number of para-hydroxylation sites is 1. The Labute approximate surface area is 361 Å². The highest BCUT2D eigenvalue weighted by molar-refractivity contribution is 6.62. The number of rotatable bonds is 16. The number of piperidine rings is 1. The van der Waals surface area contributed by atoms with Gasteiger partial charge in [0.25, 0.3) is 17.7 Å². The van der Waals surface area contributed by atoms with Gasteiger partial charge in [0.05, 0.1) is 35.5 Å². The molecule has 1 aliphatic carbocycles. The monoisotopic (exact) mass is 862 g/mol. The van der Waals surface area contributed by atoms with Gasteiger partial charge in [-0.05, 0) is 92.7 Å². The predicted molar refractivity (Wildman–Crippen MR) is 226 cm³/mol. The molecule has 3 atom stereocenters. The number of unbranched alkanes of at least 4 members (excludes halogenated alkanes) is 1. The molecule has 8 rings (SSSR count). The van der Waals surface area contributed by atoms with Crippen molar-refractivity contribution < 1.29 is 53.0 Å². The third-order valence-electron chi connectivity index (χ3n) is 11.6. The molecular formula is C43H47BN8O11. The predicted octanol–water partition coefficient (Wildman–Crippen LogP) is 1.02. The molecule has 1 aromatic heterocycles. The van der Waals surface area contributed by atoms with Crippen LogP contribution in [-0.2, 0) is 23.8 Å². The first kappa shape index (κ1) is 43.2. The number of nitrogens with one attached hydrogen (secondary N) is 4. The Morgan fingerprint density at radius 3 is 2.59 bits per heavy atom. The number of nitrogens with zero attached hydrogens (tertiary/aromatic N) is 3. The summed E-state index contributed by atoms with van der Waals surface area (Å²) < 4.78 is 17.7. The lowest BCUT2D eigenvalue weighted by Gasteiger charge is -2.27. The van der Waals surface area contributed by atoms with Crippen LogP contribution in [0, 0.1) is 0 Å². The maximum Gasteiger partial charge on any atom is 0.492 e. The van der Waals surface area contributed by atoms with Gasteiger partial charge in [-0.3, -0.25) is 39.0 Å². The lowest BCUT2D eigenvalue weighted by molar-refractivity contribution is -0.136. The molecule has 6 amide bonds. The molecule has 0 bridgehead atoms. The number of fused-ring (bicyclic) bond motifs is 3. The third kappa shape index (κ3) is 9.63. The van der Waals surface area contributed by atoms with E-state index in [9.17, 15) is 38.9 Å². The molecule has 19 nitrogen and oxygen atoms in total. The quantitative estimate of drug-likeness (QED) is 0.0471. The summed E-state index contributed by atoms with van der Waals surface area (Å²) in [5.74, 6) is -2.50. The number of carbonyl (C=O) groups excluding carboxylic acids is 6. The summed E-state index contributed by atoms with van der Waals surface area (Å²) in [6.07, 6.45) is 5.12. The van der Waals surface area contributed by atoms with Crippen molar-refractivity contribution in [2.75, 3.05) is 25.0 Å². The van der Waals surface area contributed by atoms with Crippen LogP contribution < -0.4 is 41.9 Å². The van der Waals surface area contributed by atoms with Gasteiger partial charge in [-0.1, -0.05) is 24.3 Å². The van der Waals surface area contributed by atoms with Crippen LogP contribution in [0.1, 0.15) is 90.2 Å². The van der Waals surface area contributed by atoms with Crippen molar-refractivity contribution in [3.63, 3.8) is 0 Å². The van der Waals surface area contributed by atoms with Gasteiger partial charge in [0.15, 0.2) is 6.61 Å². The van der Waals surface area contributed by atoms with Gasteiger partial charge in [0.1, 0.15) is 23.1 Å². The Kier molecular flexibility index (Phi) is 12.9. The van der Waals surface area contributed by atoms with E-state index < -0.39 is 67.4 Å². The highest BCUT2D eigenvalue weighted by atomic mass is 16.5. The van der Waals surface area contributed by atoms with Crippen LogP contribution in [0.25, 0.3) is 10.9 Å². The number of hydrogen-bond acceptors (Lipinski definition) is 15. The summed E-state index contributed by atoms with van der Waals surface area (Å²) in [4.78, 5) is 85.7. The van der Waals surface area contributed by atoms with Crippen LogP contribution in [0.4, 0.5) is 11.6 Å². The summed E-state index contributed by atoms with van der Waals surface area (Å²) in [5, 5.41) is 32.3. The van der Waals surface area contributed by atoms with E-state index in [0.29, 0.717) is 66.0 Å². The number of nitrogens with two attached hydrogens (primary N) is 1. The number of amides is 6. The van der Waals surface area contributed by atoms with Crippen molar-refractivity contribution in [3.05, 3.63) is 77.5 Å². The first-order valence-electron chi connectivity index (χ1n) is 21.1. The number of anilines is 2. The zero-order valence-corrected chi connectivity index (χ0v) is 34.2. The molecule has 2 fully saturated rings. The van der Waals surface area contributed by atoms with E-state index in [2.05, 4.69) is 26.3 Å². The van der Waals surface area contributed by atoms with Crippen LogP contribution >= 0.6 is 0 Å². The van der Waals surface area contributed by atoms with Crippen LogP contribution in [0.15, 0.2) is 60.8 Å². The number of aromatic nitrogens is 2. The van der Waals surface area contributed by atoms with Gasteiger partial charge in [0, 0.05) is 36.8 Å². The van der Waals surface area contributed by atoms with Crippen LogP contribution in [0.2, 0.25) is 0 Å². The molecule has 0 spiro atoms. The zero-order chi connectivity index (χ0) is 44.2. The second-order valence-corrected chi connectivity index (χ2v) is 16.0. The molecule has 1 saturated carbocycles. The number of aliphatic hydroxyl groups is 1. The van der Waals surface area contributed by atoms with Crippen molar-refractivity contribution in [1.29, 1.82) is 0 Å². The highest BCUT2D eigenvalue weighted by Crippen LogP contribution is 2.34. The molecule has 3 aromatic carbocycles. The third-order valence-corrected chi connectivity index (χ3v) is 11.6. The normalized spacial score (nSPS) is 21.1. The number of benzene rings is 3. The Morgan fingerprint density at radius 1 is 0.984 bits per heavy atom. The summed E-state index contributed by atoms with van der Waals surface area (Å²) in [6, 6.07) is 13.5. The smallest absolute Gasteiger partial charge is 0.488 e. The maximum absolute atomic E-state index is 13.3. The average molecular weight is 863 g/mol. The molecule has 1 saturated heterocycles. The number of carbonyl (C=O) groups is 6. The molecule has 4 aliphatic rings. The van der Waals surface area contributed by atoms with Crippen LogP contribution in [0.3, 0.4) is 0 Å². The topological polar surface area (TPSA) is 274 Å². The summed E-state index contributed by atoms with van der Waals surface area (Å²) in [5.41, 5.74) is 8.67. The Balaban J connectivity index is 0.758. The van der Waals surface area contributed by atoms with E-state index >= 15 is 0 Å². The van der Waals surface area contributed by atoms with E-state index in [1.165, 1.54) is 18.2 Å². The highest BCUT2D eigenvalue weighted by Gasteiger charge is 2.46. The van der Waals surface area contributed by atoms with Crippen molar-refractivity contribution in [1.82, 2.24) is 30.8 Å². The molecule has 20 heteroatoms. The molecule has 328 valence electrons. The number of ether oxygens (including phenoxy) is 2. The summed E-state index contributed by atoms with van der Waals surface area (Å²) >= 11 is 0. The molecule has 2 unspecified atom stereocenters. The van der Waals surface area contributed by atoms with Crippen molar-refractivity contribution >= 4 is 70.6 Å². The number of imide groups is 2. The minimum atomic E-state index is -1.22. The molecule has 63 heavy (non-hydrogen) atoms. The minimum Gasteiger partial charge on any atom is -0.488 e. The molecule has 3 aliphatic heterocycles. The van der Waals surface area contributed by atoms with Crippen LogP contribution in [-0.4, -0.2) is 112 Å². The number of aliphatic hydroxyl groups excluding tert-OH is 1. The first-order valence-corrected chi connectivity index (χ1v) is 21.1. The lowest BCUT2D eigenvalue weighted by Crippen LogP contribution is -2.54. The fourth-order valence-electron chi connectivity index (χ4n) is 8.25. The number of hydrogen-bond donors (Lipinski definition) is 7. The second-order valence-electron chi connectivity index (χ2n) is 16.0. The van der Waals surface area contributed by atoms with Gasteiger partial charge in [0.2, 0.25) is 23.7 Å². The summed E-state index contributed by atoms with van der Waals surface area (Å²) in [6.45, 7) is -0.100. The SMILES string of the molecule is N[C@@H](CCCCNC(=O)COc1cccc2c1C(=O)N(C1CCC(=O)NC1=O)C2=O)C(=O)NCC1OB(O)c2cc(Nc3ncc4cccc(OC5CCC(O)CC5)c4n3)ccc21. The Hall–Kier alpha value is -6.48. The molecule has 4 heterocycles. The second kappa shape index (κ2) is 18.9. The maximum atomic E-state index is 13.3. The van der Waals surface area contributed by atoms with Gasteiger partial charge in [-0.15, -0.1) is 0 Å². The van der Waals surface area contributed by atoms with Gasteiger partial charge in [-0.25, -0.2) is 9.97 Å². The van der Waals surface area contributed by atoms with Gasteiger partial charge in [-0.2, -0.15) is 0 Å². The van der Waals surface area contributed by atoms with Crippen LogP contribution in [0.5, 0.6) is 11.5 Å². The average Bonchev–Trinajstić information content (AvgIpc) is 3.73. The van der Waals surface area contributed by atoms with E-state index in [1.54, 1.807) is 12.3 Å². The fraction of sp³-hybridized carbons (Fsp3) is 0.395. The van der Waals surface area contributed by atoms with Crippen molar-refractivity contribution in [2.24, 2.45) is 5.73 Å². The fourth-order valence-corrected chi connectivity index (χ4v) is 8.25. The first-order chi connectivity index (χ1) is 30.4. The van der Waals surface area contributed by atoms with Crippen molar-refractivity contribution in [3.8, 4) is 11.5 Å². The van der Waals surface area contributed by atoms with E-state index in [-0.39, 0.29) is 55.0 Å².